The number of rotatable bonds is 2. The zero-order valence-corrected chi connectivity index (χ0v) is 13.2. The molecule has 1 aromatic rings. The van der Waals surface area contributed by atoms with Crippen LogP contribution in [0, 0.1) is 20.8 Å². The smallest absolute Gasteiger partial charge is 0.268 e. The molecule has 1 heterocycles. The minimum Gasteiger partial charge on any atom is -0.474 e. The Morgan fingerprint density at radius 2 is 2.05 bits per heavy atom. The number of carbonyl (C=O) groups is 1. The summed E-state index contributed by atoms with van der Waals surface area (Å²) in [5.41, 5.74) is 2.63. The quantitative estimate of drug-likeness (QED) is 0.714. The van der Waals surface area contributed by atoms with Crippen LogP contribution < -0.4 is 10.1 Å². The van der Waals surface area contributed by atoms with Gasteiger partial charge in [0.15, 0.2) is 0 Å². The van der Waals surface area contributed by atoms with Gasteiger partial charge >= 0.3 is 0 Å². The maximum atomic E-state index is 12.3. The molecule has 0 saturated heterocycles. The van der Waals surface area contributed by atoms with Crippen molar-refractivity contribution in [3.63, 3.8) is 0 Å². The van der Waals surface area contributed by atoms with Crippen LogP contribution in [0.4, 0.5) is 0 Å². The van der Waals surface area contributed by atoms with Crippen molar-refractivity contribution in [3.05, 3.63) is 28.3 Å². The summed E-state index contributed by atoms with van der Waals surface area (Å²) < 4.78 is 5.91. The summed E-state index contributed by atoms with van der Waals surface area (Å²) in [6, 6.07) is 2.06. The first kappa shape index (κ1) is 15.8. The van der Waals surface area contributed by atoms with Crippen LogP contribution in [-0.4, -0.2) is 34.1 Å². The summed E-state index contributed by atoms with van der Waals surface area (Å²) in [5.74, 6) is 0.148. The van der Waals surface area contributed by atoms with E-state index in [-0.39, 0.29) is 0 Å². The van der Waals surface area contributed by atoms with E-state index in [4.69, 9.17) is 4.74 Å². The van der Waals surface area contributed by atoms with Gasteiger partial charge in [-0.1, -0.05) is 6.07 Å². The molecule has 0 aliphatic carbocycles. The molecule has 0 fully saturated rings. The minimum absolute atomic E-state index is 0.353. The van der Waals surface area contributed by atoms with Gasteiger partial charge in [-0.15, -0.1) is 0 Å². The van der Waals surface area contributed by atoms with Crippen LogP contribution in [0.1, 0.15) is 36.1 Å². The molecule has 3 N–H and O–H groups in total. The Labute approximate surface area is 124 Å². The van der Waals surface area contributed by atoms with Gasteiger partial charge in [0.25, 0.3) is 5.91 Å². The van der Waals surface area contributed by atoms with Crippen molar-refractivity contribution in [3.8, 4) is 5.75 Å². The van der Waals surface area contributed by atoms with Gasteiger partial charge in [0.1, 0.15) is 18.1 Å². The van der Waals surface area contributed by atoms with Crippen molar-refractivity contribution >= 4 is 5.91 Å². The molecule has 3 atom stereocenters. The fourth-order valence-corrected chi connectivity index (χ4v) is 2.70. The van der Waals surface area contributed by atoms with Gasteiger partial charge in [-0.25, -0.2) is 0 Å². The van der Waals surface area contributed by atoms with Crippen molar-refractivity contribution in [2.24, 2.45) is 0 Å². The number of aliphatic hydroxyl groups excluding tert-OH is 2. The second-order valence-electron chi connectivity index (χ2n) is 6.02. The van der Waals surface area contributed by atoms with Crippen LogP contribution in [-0.2, 0) is 11.2 Å². The fraction of sp³-hybridized carbons (Fsp3) is 0.562. The van der Waals surface area contributed by atoms with Crippen LogP contribution >= 0.6 is 0 Å². The number of fused-ring (bicyclic) bond motifs is 1. The van der Waals surface area contributed by atoms with Crippen LogP contribution in [0.15, 0.2) is 6.07 Å². The predicted octanol–water partition coefficient (Wildman–Crippen LogP) is 1.12. The zero-order valence-electron chi connectivity index (χ0n) is 13.2. The van der Waals surface area contributed by atoms with E-state index < -0.39 is 23.8 Å². The lowest BCUT2D eigenvalue weighted by Gasteiger charge is -2.40. The molecule has 5 nitrogen and oxygen atoms in total. The van der Waals surface area contributed by atoms with Crippen LogP contribution in [0.25, 0.3) is 0 Å². The Hall–Kier alpha value is -1.59. The highest BCUT2D eigenvalue weighted by Crippen LogP contribution is 2.39. The summed E-state index contributed by atoms with van der Waals surface area (Å²) in [6.07, 6.45) is -1.61. The molecule has 116 valence electrons. The molecule has 5 heteroatoms. The third-order valence-corrected chi connectivity index (χ3v) is 4.25. The van der Waals surface area contributed by atoms with Crippen LogP contribution in [0.2, 0.25) is 0 Å². The van der Waals surface area contributed by atoms with E-state index in [1.54, 1.807) is 6.92 Å². The first-order valence-corrected chi connectivity index (χ1v) is 7.12. The molecule has 1 amide bonds. The average molecular weight is 293 g/mol. The van der Waals surface area contributed by atoms with Crippen molar-refractivity contribution in [1.82, 2.24) is 5.32 Å². The van der Waals surface area contributed by atoms with Crippen molar-refractivity contribution in [1.29, 1.82) is 0 Å². The van der Waals surface area contributed by atoms with Gasteiger partial charge in [-0.2, -0.15) is 0 Å². The number of aliphatic hydroxyl groups is 2. The molecule has 1 aromatic carbocycles. The van der Waals surface area contributed by atoms with E-state index in [2.05, 4.69) is 11.4 Å². The highest BCUT2D eigenvalue weighted by molar-refractivity contribution is 5.86. The Kier molecular flexibility index (Phi) is 4.00. The third-order valence-electron chi connectivity index (χ3n) is 4.25. The number of hydrogen-bond donors (Lipinski definition) is 3. The van der Waals surface area contributed by atoms with Gasteiger partial charge in [-0.3, -0.25) is 4.79 Å². The lowest BCUT2D eigenvalue weighted by atomic mass is 9.85. The van der Waals surface area contributed by atoms with Gasteiger partial charge in [0.2, 0.25) is 5.60 Å². The molecule has 21 heavy (non-hydrogen) atoms. The molecule has 0 radical (unpaired) electrons. The Bertz CT molecular complexity index is 582. The molecule has 0 spiro atoms. The van der Waals surface area contributed by atoms with Crippen LogP contribution in [0.3, 0.4) is 0 Å². The van der Waals surface area contributed by atoms with E-state index in [1.165, 1.54) is 6.92 Å². The zero-order chi connectivity index (χ0) is 15.9. The number of hydrogen-bond acceptors (Lipinski definition) is 4. The van der Waals surface area contributed by atoms with Crippen LogP contribution in [0.5, 0.6) is 5.75 Å². The largest absolute Gasteiger partial charge is 0.474 e. The summed E-state index contributed by atoms with van der Waals surface area (Å²) in [4.78, 5) is 12.3. The number of benzene rings is 1. The maximum absolute atomic E-state index is 12.3. The Morgan fingerprint density at radius 1 is 1.43 bits per heavy atom. The molecular weight excluding hydrogens is 270 g/mol. The Balaban J connectivity index is 2.46. The first-order chi connectivity index (χ1) is 9.66. The number of carbonyl (C=O) groups excluding carboxylic acids is 1. The van der Waals surface area contributed by atoms with Gasteiger partial charge < -0.3 is 20.3 Å². The topological polar surface area (TPSA) is 78.8 Å². The maximum Gasteiger partial charge on any atom is 0.268 e. The highest BCUT2D eigenvalue weighted by Gasteiger charge is 2.47. The standard InChI is InChI=1S/C16H23NO4/c1-8-6-9(2)12-7-13(19)16(5,15(20)17-11(4)18)21-14(12)10(8)3/h6,11,13,18-19H,7H2,1-5H3,(H,17,20). The lowest BCUT2D eigenvalue weighted by molar-refractivity contribution is -0.150. The second-order valence-corrected chi connectivity index (χ2v) is 6.02. The van der Waals surface area contributed by atoms with E-state index in [9.17, 15) is 15.0 Å². The van der Waals surface area contributed by atoms with Crippen molar-refractivity contribution in [2.75, 3.05) is 0 Å². The van der Waals surface area contributed by atoms with E-state index in [1.807, 2.05) is 20.8 Å². The molecule has 3 unspecified atom stereocenters. The van der Waals surface area contributed by atoms with E-state index in [0.717, 1.165) is 22.3 Å². The van der Waals surface area contributed by atoms with E-state index in [0.29, 0.717) is 12.2 Å². The fourth-order valence-electron chi connectivity index (χ4n) is 2.70. The Morgan fingerprint density at radius 3 is 2.62 bits per heavy atom. The minimum atomic E-state index is -1.41. The van der Waals surface area contributed by atoms with Crippen molar-refractivity contribution in [2.45, 2.75) is 59.0 Å². The SMILES string of the molecule is Cc1cc(C)c2c(c1C)OC(C)(C(=O)NC(C)O)C(O)C2. The van der Waals surface area contributed by atoms with Gasteiger partial charge in [0.05, 0.1) is 0 Å². The van der Waals surface area contributed by atoms with Gasteiger partial charge in [0, 0.05) is 12.0 Å². The molecular formula is C16H23NO4. The molecule has 0 saturated carbocycles. The lowest BCUT2D eigenvalue weighted by Crippen LogP contribution is -2.60. The number of amides is 1. The predicted molar refractivity (Wildman–Crippen MR) is 79.2 cm³/mol. The molecule has 0 bridgehead atoms. The van der Waals surface area contributed by atoms with E-state index >= 15 is 0 Å². The number of nitrogens with one attached hydrogen (secondary N) is 1. The normalized spacial score (nSPS) is 25.8. The second kappa shape index (κ2) is 5.31. The summed E-state index contributed by atoms with van der Waals surface area (Å²) in [7, 11) is 0. The summed E-state index contributed by atoms with van der Waals surface area (Å²) in [6.45, 7) is 8.90. The number of ether oxygens (including phenoxy) is 1. The highest BCUT2D eigenvalue weighted by atomic mass is 16.5. The molecule has 0 aromatic heterocycles. The average Bonchev–Trinajstić information content (AvgIpc) is 2.38. The van der Waals surface area contributed by atoms with Crippen molar-refractivity contribution < 1.29 is 19.7 Å². The molecule has 1 aliphatic rings. The third kappa shape index (κ3) is 2.63. The first-order valence-electron chi connectivity index (χ1n) is 7.12. The molecule has 1 aliphatic heterocycles. The molecule has 2 rings (SSSR count). The summed E-state index contributed by atoms with van der Waals surface area (Å²) in [5, 5.41) is 22.1. The number of aryl methyl sites for hydroxylation is 2. The monoisotopic (exact) mass is 293 g/mol. The summed E-state index contributed by atoms with van der Waals surface area (Å²) >= 11 is 0. The van der Waals surface area contributed by atoms with Gasteiger partial charge in [-0.05, 0) is 51.3 Å².